The number of imidazole rings is 1. The second kappa shape index (κ2) is 5.91. The highest BCUT2D eigenvalue weighted by Gasteiger charge is 2.15. The van der Waals surface area contributed by atoms with Crippen LogP contribution >= 0.6 is 0 Å². The average Bonchev–Trinajstić information content (AvgIpc) is 3.24. The number of anilines is 1. The highest BCUT2D eigenvalue weighted by molar-refractivity contribution is 5.85. The maximum atomic E-state index is 13.9. The number of pyridine rings is 1. The van der Waals surface area contributed by atoms with Crippen LogP contribution in [-0.2, 0) is 6.54 Å². The predicted octanol–water partition coefficient (Wildman–Crippen LogP) is 3.52. The zero-order valence-corrected chi connectivity index (χ0v) is 14.2. The fourth-order valence-corrected chi connectivity index (χ4v) is 3.47. The number of halogens is 1. The van der Waals surface area contributed by atoms with E-state index in [1.54, 1.807) is 18.5 Å². The van der Waals surface area contributed by atoms with E-state index in [4.69, 9.17) is 5.73 Å². The van der Waals surface area contributed by atoms with Crippen molar-refractivity contribution in [2.24, 2.45) is 0 Å². The number of rotatable bonds is 3. The Morgan fingerprint density at radius 1 is 1.04 bits per heavy atom. The topological polar surface area (TPSA) is 74.0 Å². The number of nitrogens with two attached hydrogens (primary N) is 1. The van der Waals surface area contributed by atoms with Gasteiger partial charge in [0.1, 0.15) is 17.7 Å². The first-order valence-electron chi connectivity index (χ1n) is 8.46. The van der Waals surface area contributed by atoms with Crippen molar-refractivity contribution in [2.75, 3.05) is 5.73 Å². The summed E-state index contributed by atoms with van der Waals surface area (Å²) in [4.78, 5) is 12.6. The molecular weight excluding hydrogens is 343 g/mol. The molecule has 0 atom stereocenters. The van der Waals surface area contributed by atoms with Crippen molar-refractivity contribution >= 4 is 22.5 Å². The molecule has 7 heteroatoms. The minimum Gasteiger partial charge on any atom is -0.382 e. The molecule has 2 N–H and O–H groups in total. The summed E-state index contributed by atoms with van der Waals surface area (Å²) in [6.07, 6.45) is 7.16. The van der Waals surface area contributed by atoms with Crippen molar-refractivity contribution < 1.29 is 4.39 Å². The molecule has 0 saturated carbocycles. The van der Waals surface area contributed by atoms with Gasteiger partial charge in [0.25, 0.3) is 0 Å². The first-order valence-corrected chi connectivity index (χ1v) is 8.46. The van der Waals surface area contributed by atoms with Crippen molar-refractivity contribution in [3.05, 3.63) is 78.9 Å². The Bertz CT molecular complexity index is 1290. The minimum atomic E-state index is -0.262. The highest BCUT2D eigenvalue weighted by Crippen LogP contribution is 2.32. The molecule has 0 aliphatic rings. The molecule has 0 bridgehead atoms. The molecule has 6 nitrogen and oxygen atoms in total. The Labute approximate surface area is 153 Å². The summed E-state index contributed by atoms with van der Waals surface area (Å²) < 4.78 is 17.8. The Morgan fingerprint density at radius 3 is 2.85 bits per heavy atom. The van der Waals surface area contributed by atoms with E-state index in [1.807, 2.05) is 45.6 Å². The van der Waals surface area contributed by atoms with Gasteiger partial charge in [0.05, 0.1) is 18.4 Å². The summed E-state index contributed by atoms with van der Waals surface area (Å²) >= 11 is 0. The maximum absolute atomic E-state index is 13.9. The summed E-state index contributed by atoms with van der Waals surface area (Å²) in [6, 6.07) is 12.6. The Balaban J connectivity index is 1.71. The van der Waals surface area contributed by atoms with Gasteiger partial charge in [-0.15, -0.1) is 0 Å². The van der Waals surface area contributed by atoms with Gasteiger partial charge in [0.2, 0.25) is 0 Å². The molecule has 0 spiro atoms. The van der Waals surface area contributed by atoms with E-state index < -0.39 is 0 Å². The first-order chi connectivity index (χ1) is 13.2. The lowest BCUT2D eigenvalue weighted by Gasteiger charge is -2.07. The second-order valence-electron chi connectivity index (χ2n) is 6.34. The summed E-state index contributed by atoms with van der Waals surface area (Å²) in [5.41, 5.74) is 11.0. The fourth-order valence-electron chi connectivity index (χ4n) is 3.47. The van der Waals surface area contributed by atoms with Crippen LogP contribution in [0.1, 0.15) is 5.56 Å². The van der Waals surface area contributed by atoms with Crippen LogP contribution in [0.4, 0.5) is 10.2 Å². The lowest BCUT2D eigenvalue weighted by atomic mass is 10.0. The van der Waals surface area contributed by atoms with Gasteiger partial charge in [-0.2, -0.15) is 0 Å². The zero-order chi connectivity index (χ0) is 18.4. The molecule has 132 valence electrons. The van der Waals surface area contributed by atoms with E-state index in [1.165, 1.54) is 12.4 Å². The van der Waals surface area contributed by atoms with Crippen LogP contribution in [-0.4, -0.2) is 23.9 Å². The number of hydrogen-bond acceptors (Lipinski definition) is 4. The Kier molecular flexibility index (Phi) is 3.39. The third kappa shape index (κ3) is 2.52. The molecule has 0 amide bonds. The summed E-state index contributed by atoms with van der Waals surface area (Å²) in [5.74, 6) is 0.0912. The van der Waals surface area contributed by atoms with Crippen molar-refractivity contribution in [1.82, 2.24) is 23.9 Å². The van der Waals surface area contributed by atoms with Crippen LogP contribution < -0.4 is 5.73 Å². The van der Waals surface area contributed by atoms with E-state index >= 15 is 0 Å². The van der Waals surface area contributed by atoms with Gasteiger partial charge < -0.3 is 14.7 Å². The molecule has 4 heterocycles. The summed E-state index contributed by atoms with van der Waals surface area (Å²) in [6.45, 7) is 0.528. The molecule has 0 fully saturated rings. The van der Waals surface area contributed by atoms with E-state index in [-0.39, 0.29) is 5.82 Å². The molecule has 0 aliphatic carbocycles. The smallest absolute Gasteiger partial charge is 0.165 e. The van der Waals surface area contributed by atoms with E-state index in [0.29, 0.717) is 23.5 Å². The molecule has 5 aromatic rings. The highest BCUT2D eigenvalue weighted by atomic mass is 19.1. The Hall–Kier alpha value is -3.74. The second-order valence-corrected chi connectivity index (χ2v) is 6.34. The first kappa shape index (κ1) is 15.5. The van der Waals surface area contributed by atoms with Crippen molar-refractivity contribution in [3.63, 3.8) is 0 Å². The minimum absolute atomic E-state index is 0.262. The molecule has 0 saturated heterocycles. The number of nitrogens with zero attached hydrogens (tertiary/aromatic N) is 5. The van der Waals surface area contributed by atoms with Gasteiger partial charge in [-0.25, -0.2) is 19.3 Å². The van der Waals surface area contributed by atoms with E-state index in [9.17, 15) is 4.39 Å². The molecule has 5 rings (SSSR count). The predicted molar refractivity (Wildman–Crippen MR) is 102 cm³/mol. The quantitative estimate of drug-likeness (QED) is 0.536. The van der Waals surface area contributed by atoms with Gasteiger partial charge in [0, 0.05) is 18.0 Å². The van der Waals surface area contributed by atoms with Crippen LogP contribution in [0.25, 0.3) is 27.8 Å². The van der Waals surface area contributed by atoms with Crippen LogP contribution in [0.3, 0.4) is 0 Å². The van der Waals surface area contributed by atoms with Crippen LogP contribution in [0.2, 0.25) is 0 Å². The van der Waals surface area contributed by atoms with Gasteiger partial charge >= 0.3 is 0 Å². The molecular formula is C20H15FN6. The fraction of sp³-hybridized carbons (Fsp3) is 0.0500. The molecule has 1 aromatic carbocycles. The summed E-state index contributed by atoms with van der Waals surface area (Å²) in [5, 5.41) is 0. The van der Waals surface area contributed by atoms with Gasteiger partial charge in [-0.3, -0.25) is 0 Å². The Morgan fingerprint density at radius 2 is 1.96 bits per heavy atom. The monoisotopic (exact) mass is 358 g/mol. The standard InChI is InChI=1S/C20H15FN6/c21-15-5-3-4-13(8-15)17-14(9-26-7-2-1-6-16(17)26)10-27-12-25-18-19(22)23-11-24-20(18)27/h1-9,11-12H,10H2,(H2,22,23,24). The lowest BCUT2D eigenvalue weighted by Crippen LogP contribution is -2.01. The van der Waals surface area contributed by atoms with Crippen molar-refractivity contribution in [2.45, 2.75) is 6.54 Å². The molecule has 0 aliphatic heterocycles. The third-order valence-corrected chi connectivity index (χ3v) is 4.65. The van der Waals surface area contributed by atoms with Gasteiger partial charge in [0.15, 0.2) is 11.5 Å². The maximum Gasteiger partial charge on any atom is 0.165 e. The number of aromatic nitrogens is 5. The van der Waals surface area contributed by atoms with Crippen LogP contribution in [0, 0.1) is 5.82 Å². The van der Waals surface area contributed by atoms with Crippen molar-refractivity contribution in [1.29, 1.82) is 0 Å². The number of hydrogen-bond donors (Lipinski definition) is 1. The zero-order valence-electron chi connectivity index (χ0n) is 14.2. The average molecular weight is 358 g/mol. The molecule has 27 heavy (non-hydrogen) atoms. The number of benzene rings is 1. The number of nitrogen functional groups attached to an aromatic ring is 1. The molecule has 0 radical (unpaired) electrons. The SMILES string of the molecule is Nc1ncnc2c1ncn2Cc1cn2ccccc2c1-c1cccc(F)c1. The van der Waals surface area contributed by atoms with Crippen LogP contribution in [0.15, 0.2) is 67.5 Å². The molecule has 4 aromatic heterocycles. The van der Waals surface area contributed by atoms with Gasteiger partial charge in [-0.05, 0) is 35.4 Å². The number of fused-ring (bicyclic) bond motifs is 2. The van der Waals surface area contributed by atoms with Gasteiger partial charge in [-0.1, -0.05) is 18.2 Å². The lowest BCUT2D eigenvalue weighted by molar-refractivity contribution is 0.628. The molecule has 0 unspecified atom stereocenters. The van der Waals surface area contributed by atoms with Crippen molar-refractivity contribution in [3.8, 4) is 11.1 Å². The summed E-state index contributed by atoms with van der Waals surface area (Å²) in [7, 11) is 0. The largest absolute Gasteiger partial charge is 0.382 e. The van der Waals surface area contributed by atoms with E-state index in [2.05, 4.69) is 15.0 Å². The normalized spacial score (nSPS) is 11.4. The third-order valence-electron chi connectivity index (χ3n) is 4.65. The van der Waals surface area contributed by atoms with E-state index in [0.717, 1.165) is 22.2 Å². The van der Waals surface area contributed by atoms with Crippen LogP contribution in [0.5, 0.6) is 0 Å².